The van der Waals surface area contributed by atoms with Crippen molar-refractivity contribution >= 4 is 21.7 Å². The number of carboxylic acids is 1. The second-order valence-corrected chi connectivity index (χ2v) is 11.7. The van der Waals surface area contributed by atoms with Crippen molar-refractivity contribution in [2.24, 2.45) is 11.8 Å². The van der Waals surface area contributed by atoms with Gasteiger partial charge < -0.3 is 14.7 Å². The number of nitrogens with one attached hydrogen (secondary N) is 1. The number of hydrogen-bond acceptors (Lipinski definition) is 5. The number of fused-ring (bicyclic) bond motifs is 3. The molecular formula is C25H27FN2O5S. The number of ether oxygens (including phenoxy) is 1. The Kier molecular flexibility index (Phi) is 5.11. The number of anilines is 1. The number of halogens is 1. The first-order valence-corrected chi connectivity index (χ1v) is 13.4. The fraction of sp³-hybridized carbons (Fsp3) is 0.480. The molecule has 1 saturated heterocycles. The summed E-state index contributed by atoms with van der Waals surface area (Å²) in [5.41, 5.74) is 1.07. The first-order valence-electron chi connectivity index (χ1n) is 11.9. The predicted octanol–water partition coefficient (Wildman–Crippen LogP) is 4.02. The maximum atomic E-state index is 14.2. The molecule has 4 aliphatic rings. The van der Waals surface area contributed by atoms with Crippen LogP contribution in [0.4, 0.5) is 10.1 Å². The quantitative estimate of drug-likeness (QED) is 0.614. The van der Waals surface area contributed by atoms with E-state index in [1.54, 1.807) is 6.07 Å². The summed E-state index contributed by atoms with van der Waals surface area (Å²) < 4.78 is 49.3. The number of sulfonamides is 1. The second kappa shape index (κ2) is 7.95. The Hall–Kier alpha value is -2.65. The van der Waals surface area contributed by atoms with E-state index in [-0.39, 0.29) is 33.7 Å². The van der Waals surface area contributed by atoms with Crippen LogP contribution >= 0.6 is 0 Å². The lowest BCUT2D eigenvalue weighted by molar-refractivity contribution is 0.0692. The van der Waals surface area contributed by atoms with Crippen molar-refractivity contribution in [1.82, 2.24) is 4.90 Å². The minimum absolute atomic E-state index is 0.0000525. The first-order chi connectivity index (χ1) is 16.3. The molecule has 2 heterocycles. The highest BCUT2D eigenvalue weighted by atomic mass is 32.2. The Labute approximate surface area is 198 Å². The standard InChI is InChI=1S/C25H27FN2O5S/c26-16-3-6-22(20(11-16)18-9-14(18)12-28-7-1-2-8-28)34(31,32)27-21-5-4-17-19-10-15(19)13-33-24(17)23(21)25(29)30/h3-6,11,14-15,18-19,27H,1-2,7-10,12-13H2,(H,29,30)/t14-,15+,18-,19+/m1/s1. The summed E-state index contributed by atoms with van der Waals surface area (Å²) in [5.74, 6) is -0.524. The number of carbonyl (C=O) groups is 1. The lowest BCUT2D eigenvalue weighted by Gasteiger charge is -2.21. The highest BCUT2D eigenvalue weighted by Gasteiger charge is 2.46. The third-order valence-corrected chi connectivity index (χ3v) is 9.12. The van der Waals surface area contributed by atoms with Gasteiger partial charge in [-0.15, -0.1) is 0 Å². The van der Waals surface area contributed by atoms with Gasteiger partial charge >= 0.3 is 5.97 Å². The van der Waals surface area contributed by atoms with Crippen LogP contribution in [0, 0.1) is 17.7 Å². The summed E-state index contributed by atoms with van der Waals surface area (Å²) in [6, 6.07) is 6.98. The SMILES string of the molecule is O=C(O)c1c(NS(=O)(=O)c2ccc(F)cc2[C@@H]2C[C@@H]2CN2CCCC2)ccc2c1OC[C@@H]1C[C@H]21. The van der Waals surface area contributed by atoms with Gasteiger partial charge in [0, 0.05) is 12.5 Å². The Morgan fingerprint density at radius 3 is 2.68 bits per heavy atom. The summed E-state index contributed by atoms with van der Waals surface area (Å²) in [4.78, 5) is 14.5. The van der Waals surface area contributed by atoms with E-state index in [1.807, 2.05) is 0 Å². The maximum Gasteiger partial charge on any atom is 0.341 e. The molecule has 4 atom stereocenters. The van der Waals surface area contributed by atoms with Crippen molar-refractivity contribution in [2.75, 3.05) is 31.0 Å². The highest BCUT2D eigenvalue weighted by Crippen LogP contribution is 2.55. The van der Waals surface area contributed by atoms with Gasteiger partial charge in [-0.2, -0.15) is 0 Å². The molecule has 0 aromatic heterocycles. The summed E-state index contributed by atoms with van der Waals surface area (Å²) >= 11 is 0. The van der Waals surface area contributed by atoms with E-state index < -0.39 is 21.8 Å². The number of aromatic carboxylic acids is 1. The van der Waals surface area contributed by atoms with Crippen molar-refractivity contribution in [1.29, 1.82) is 0 Å². The Balaban J connectivity index is 1.31. The zero-order valence-electron chi connectivity index (χ0n) is 18.7. The summed E-state index contributed by atoms with van der Waals surface area (Å²) in [6.45, 7) is 3.44. The summed E-state index contributed by atoms with van der Waals surface area (Å²) in [7, 11) is -4.15. The van der Waals surface area contributed by atoms with Crippen LogP contribution in [0.15, 0.2) is 35.2 Å². The number of carboxylic acid groups (broad SMARTS) is 1. The molecule has 2 N–H and O–H groups in total. The van der Waals surface area contributed by atoms with E-state index in [0.29, 0.717) is 24.0 Å². The average molecular weight is 487 g/mol. The van der Waals surface area contributed by atoms with Gasteiger partial charge in [0.25, 0.3) is 10.0 Å². The van der Waals surface area contributed by atoms with Crippen molar-refractivity contribution in [3.63, 3.8) is 0 Å². The molecule has 2 saturated carbocycles. The predicted molar refractivity (Wildman–Crippen MR) is 123 cm³/mol. The molecule has 180 valence electrons. The van der Waals surface area contributed by atoms with Gasteiger partial charge in [-0.05, 0) is 91.9 Å². The van der Waals surface area contributed by atoms with Crippen LogP contribution in [-0.4, -0.2) is 50.6 Å². The fourth-order valence-corrected chi connectivity index (χ4v) is 7.06. The normalized spacial score (nSPS) is 27.4. The molecule has 34 heavy (non-hydrogen) atoms. The number of likely N-dealkylation sites (tertiary alicyclic amines) is 1. The summed E-state index contributed by atoms with van der Waals surface area (Å²) in [6.07, 6.45) is 4.13. The smallest absolute Gasteiger partial charge is 0.341 e. The van der Waals surface area contributed by atoms with Crippen LogP contribution in [0.1, 0.15) is 59.0 Å². The molecule has 0 spiro atoms. The lowest BCUT2D eigenvalue weighted by atomic mass is 10.0. The molecule has 7 nitrogen and oxygen atoms in total. The Morgan fingerprint density at radius 1 is 1.12 bits per heavy atom. The molecule has 6 rings (SSSR count). The molecule has 0 radical (unpaired) electrons. The third kappa shape index (κ3) is 3.84. The molecule has 3 fully saturated rings. The van der Waals surface area contributed by atoms with Gasteiger partial charge in [-0.3, -0.25) is 4.72 Å². The number of nitrogens with zero attached hydrogens (tertiary/aromatic N) is 1. The number of rotatable bonds is 7. The molecule has 0 bridgehead atoms. The number of hydrogen-bond donors (Lipinski definition) is 2. The van der Waals surface area contributed by atoms with Crippen molar-refractivity contribution < 1.29 is 27.4 Å². The largest absolute Gasteiger partial charge is 0.492 e. The van der Waals surface area contributed by atoms with Gasteiger partial charge in [0.05, 0.1) is 17.2 Å². The monoisotopic (exact) mass is 486 g/mol. The van der Waals surface area contributed by atoms with E-state index in [9.17, 15) is 22.7 Å². The molecule has 2 aliphatic carbocycles. The van der Waals surface area contributed by atoms with Crippen molar-refractivity contribution in [2.45, 2.75) is 42.4 Å². The Morgan fingerprint density at radius 2 is 1.91 bits per heavy atom. The fourth-order valence-electron chi connectivity index (χ4n) is 5.73. The average Bonchev–Trinajstić information content (AvgIpc) is 3.68. The molecule has 2 aromatic carbocycles. The van der Waals surface area contributed by atoms with E-state index in [1.165, 1.54) is 31.0 Å². The first kappa shape index (κ1) is 21.9. The van der Waals surface area contributed by atoms with Gasteiger partial charge in [0.2, 0.25) is 0 Å². The van der Waals surface area contributed by atoms with Crippen LogP contribution in [0.2, 0.25) is 0 Å². The zero-order chi connectivity index (χ0) is 23.6. The Bertz CT molecular complexity index is 1270. The second-order valence-electron chi connectivity index (χ2n) is 10.0. The van der Waals surface area contributed by atoms with E-state index in [0.717, 1.165) is 44.1 Å². The summed E-state index contributed by atoms with van der Waals surface area (Å²) in [5, 5.41) is 9.88. The third-order valence-electron chi connectivity index (χ3n) is 7.68. The van der Waals surface area contributed by atoms with E-state index in [2.05, 4.69) is 9.62 Å². The molecule has 0 unspecified atom stereocenters. The topological polar surface area (TPSA) is 95.9 Å². The van der Waals surface area contributed by atoms with Crippen molar-refractivity contribution in [3.8, 4) is 5.75 Å². The minimum Gasteiger partial charge on any atom is -0.492 e. The molecule has 9 heteroatoms. The van der Waals surface area contributed by atoms with Crippen LogP contribution in [0.5, 0.6) is 5.75 Å². The minimum atomic E-state index is -4.15. The van der Waals surface area contributed by atoms with Gasteiger partial charge in [0.15, 0.2) is 0 Å². The van der Waals surface area contributed by atoms with Gasteiger partial charge in [-0.25, -0.2) is 17.6 Å². The van der Waals surface area contributed by atoms with Gasteiger partial charge in [0.1, 0.15) is 17.1 Å². The van der Waals surface area contributed by atoms with E-state index >= 15 is 0 Å². The van der Waals surface area contributed by atoms with Gasteiger partial charge in [-0.1, -0.05) is 6.07 Å². The molecule has 0 amide bonds. The number of benzene rings is 2. The van der Waals surface area contributed by atoms with Crippen LogP contribution in [0.25, 0.3) is 0 Å². The van der Waals surface area contributed by atoms with Crippen LogP contribution < -0.4 is 9.46 Å². The zero-order valence-corrected chi connectivity index (χ0v) is 19.5. The highest BCUT2D eigenvalue weighted by molar-refractivity contribution is 7.92. The van der Waals surface area contributed by atoms with Crippen LogP contribution in [0.3, 0.4) is 0 Å². The molecular weight excluding hydrogens is 459 g/mol. The lowest BCUT2D eigenvalue weighted by Crippen LogP contribution is -2.22. The van der Waals surface area contributed by atoms with E-state index in [4.69, 9.17) is 4.74 Å². The van der Waals surface area contributed by atoms with Crippen molar-refractivity contribution in [3.05, 3.63) is 52.8 Å². The van der Waals surface area contributed by atoms with Crippen LogP contribution in [-0.2, 0) is 10.0 Å². The molecule has 2 aliphatic heterocycles. The molecule has 2 aromatic rings. The maximum absolute atomic E-state index is 14.2.